The molecule has 20 heavy (non-hydrogen) atoms. The molecule has 5 heteroatoms. The topological polar surface area (TPSA) is 45.5 Å². The fraction of sp³-hybridized carbons (Fsp3) is 0.267. The summed E-state index contributed by atoms with van der Waals surface area (Å²) in [6, 6.07) is 11.0. The Balaban J connectivity index is 1.92. The molecule has 4 nitrogen and oxygen atoms in total. The maximum Gasteiger partial charge on any atom is 0.290 e. The van der Waals surface area contributed by atoms with Crippen LogP contribution in [0.4, 0.5) is 0 Å². The summed E-state index contributed by atoms with van der Waals surface area (Å²) in [5.41, 5.74) is 0.960. The molecule has 0 radical (unpaired) electrons. The first-order chi connectivity index (χ1) is 9.77. The number of hydrogen-bond acceptors (Lipinski definition) is 3. The minimum Gasteiger partial charge on any atom is -0.459 e. The van der Waals surface area contributed by atoms with Crippen molar-refractivity contribution in [3.05, 3.63) is 59.0 Å². The number of rotatable bonds is 2. The smallest absolute Gasteiger partial charge is 0.290 e. The molecule has 1 saturated heterocycles. The quantitative estimate of drug-likeness (QED) is 0.925. The summed E-state index contributed by atoms with van der Waals surface area (Å²) < 4.78 is 5.22. The van der Waals surface area contributed by atoms with Gasteiger partial charge in [-0.2, -0.15) is 0 Å². The number of nitrogens with zero attached hydrogens (tertiary/aromatic N) is 1. The van der Waals surface area contributed by atoms with Crippen molar-refractivity contribution in [1.29, 1.82) is 0 Å². The predicted molar refractivity (Wildman–Crippen MR) is 76.8 cm³/mol. The number of nitrogens with one attached hydrogen (secondary N) is 1. The standard InChI is InChI=1S/C15H15ClN2O2/c16-12-5-2-1-4-11(12)13-10-17-7-8-18(13)15(19)14-6-3-9-20-14/h1-6,9,13,17H,7-8,10H2. The second-order valence-corrected chi connectivity index (χ2v) is 5.12. The highest BCUT2D eigenvalue weighted by Gasteiger charge is 2.30. The van der Waals surface area contributed by atoms with E-state index in [0.29, 0.717) is 23.9 Å². The number of carbonyl (C=O) groups excluding carboxylic acids is 1. The normalized spacial score (nSPS) is 19.1. The maximum atomic E-state index is 12.5. The highest BCUT2D eigenvalue weighted by molar-refractivity contribution is 6.31. The fourth-order valence-corrected chi connectivity index (χ4v) is 2.77. The third-order valence-electron chi connectivity index (χ3n) is 3.50. The van der Waals surface area contributed by atoms with E-state index in [1.54, 1.807) is 12.1 Å². The number of piperazine rings is 1. The number of hydrogen-bond donors (Lipinski definition) is 1. The van der Waals surface area contributed by atoms with Gasteiger partial charge in [-0.05, 0) is 23.8 Å². The SMILES string of the molecule is O=C(c1ccco1)N1CCNCC1c1ccccc1Cl. The predicted octanol–water partition coefficient (Wildman–Crippen LogP) is 2.72. The van der Waals surface area contributed by atoms with Crippen LogP contribution in [0.1, 0.15) is 22.2 Å². The summed E-state index contributed by atoms with van der Waals surface area (Å²) in [6.45, 7) is 2.10. The zero-order valence-electron chi connectivity index (χ0n) is 10.9. The first kappa shape index (κ1) is 13.2. The molecule has 1 N–H and O–H groups in total. The molecule has 3 rings (SSSR count). The average molecular weight is 291 g/mol. The summed E-state index contributed by atoms with van der Waals surface area (Å²) in [5.74, 6) is 0.269. The van der Waals surface area contributed by atoms with Gasteiger partial charge in [0.2, 0.25) is 0 Å². The number of furan rings is 1. The highest BCUT2D eigenvalue weighted by atomic mass is 35.5. The van der Waals surface area contributed by atoms with E-state index >= 15 is 0 Å². The van der Waals surface area contributed by atoms with E-state index in [1.807, 2.05) is 29.2 Å². The minimum absolute atomic E-state index is 0.0740. The van der Waals surface area contributed by atoms with Crippen molar-refractivity contribution in [1.82, 2.24) is 10.2 Å². The molecule has 1 aromatic heterocycles. The molecule has 1 amide bonds. The lowest BCUT2D eigenvalue weighted by Gasteiger charge is -2.36. The maximum absolute atomic E-state index is 12.5. The molecular weight excluding hydrogens is 276 g/mol. The molecule has 0 aliphatic carbocycles. The third kappa shape index (κ3) is 2.44. The van der Waals surface area contributed by atoms with Gasteiger partial charge in [0.25, 0.3) is 5.91 Å². The molecule has 2 heterocycles. The lowest BCUT2D eigenvalue weighted by molar-refractivity contribution is 0.0602. The van der Waals surface area contributed by atoms with E-state index in [2.05, 4.69) is 5.32 Å². The van der Waals surface area contributed by atoms with E-state index in [1.165, 1.54) is 6.26 Å². The van der Waals surface area contributed by atoms with E-state index < -0.39 is 0 Å². The Kier molecular flexibility index (Phi) is 3.76. The van der Waals surface area contributed by atoms with Crippen molar-refractivity contribution in [2.24, 2.45) is 0 Å². The van der Waals surface area contributed by atoms with Crippen LogP contribution in [0.3, 0.4) is 0 Å². The van der Waals surface area contributed by atoms with Crippen LogP contribution in [-0.2, 0) is 0 Å². The summed E-state index contributed by atoms with van der Waals surface area (Å²) >= 11 is 6.26. The molecule has 1 fully saturated rings. The van der Waals surface area contributed by atoms with Crippen LogP contribution < -0.4 is 5.32 Å². The van der Waals surface area contributed by atoms with Gasteiger partial charge in [-0.25, -0.2) is 0 Å². The van der Waals surface area contributed by atoms with Crippen LogP contribution >= 0.6 is 11.6 Å². The minimum atomic E-state index is -0.0959. The number of amides is 1. The number of halogens is 1. The largest absolute Gasteiger partial charge is 0.459 e. The molecule has 0 saturated carbocycles. The Morgan fingerprint density at radius 1 is 1.30 bits per heavy atom. The molecule has 0 bridgehead atoms. The molecule has 0 spiro atoms. The van der Waals surface area contributed by atoms with E-state index in [4.69, 9.17) is 16.0 Å². The van der Waals surface area contributed by atoms with Gasteiger partial charge in [0.05, 0.1) is 12.3 Å². The van der Waals surface area contributed by atoms with Crippen molar-refractivity contribution >= 4 is 17.5 Å². The van der Waals surface area contributed by atoms with Crippen LogP contribution in [0.25, 0.3) is 0 Å². The van der Waals surface area contributed by atoms with Crippen LogP contribution in [0, 0.1) is 0 Å². The van der Waals surface area contributed by atoms with E-state index in [9.17, 15) is 4.79 Å². The second kappa shape index (κ2) is 5.69. The lowest BCUT2D eigenvalue weighted by atomic mass is 10.0. The van der Waals surface area contributed by atoms with Gasteiger partial charge in [-0.15, -0.1) is 0 Å². The van der Waals surface area contributed by atoms with E-state index in [-0.39, 0.29) is 11.9 Å². The van der Waals surface area contributed by atoms with Crippen LogP contribution in [0.15, 0.2) is 47.1 Å². The first-order valence-corrected chi connectivity index (χ1v) is 6.95. The van der Waals surface area contributed by atoms with Crippen molar-refractivity contribution in [3.63, 3.8) is 0 Å². The van der Waals surface area contributed by atoms with Gasteiger partial charge in [0.1, 0.15) is 0 Å². The zero-order chi connectivity index (χ0) is 13.9. The molecule has 1 aromatic carbocycles. The van der Waals surface area contributed by atoms with Gasteiger partial charge in [0.15, 0.2) is 5.76 Å². The Hall–Kier alpha value is -1.78. The van der Waals surface area contributed by atoms with Gasteiger partial charge >= 0.3 is 0 Å². The van der Waals surface area contributed by atoms with Crippen molar-refractivity contribution < 1.29 is 9.21 Å². The van der Waals surface area contributed by atoms with Gasteiger partial charge in [0, 0.05) is 24.7 Å². The van der Waals surface area contributed by atoms with Crippen LogP contribution in [0.2, 0.25) is 5.02 Å². The Labute approximate surface area is 122 Å². The molecular formula is C15H15ClN2O2. The van der Waals surface area contributed by atoms with Crippen LogP contribution in [0.5, 0.6) is 0 Å². The Bertz CT molecular complexity index is 598. The molecule has 1 atom stereocenters. The molecule has 1 unspecified atom stereocenters. The Morgan fingerprint density at radius 2 is 2.15 bits per heavy atom. The molecule has 2 aromatic rings. The second-order valence-electron chi connectivity index (χ2n) is 4.72. The number of benzene rings is 1. The van der Waals surface area contributed by atoms with Gasteiger partial charge < -0.3 is 14.6 Å². The lowest BCUT2D eigenvalue weighted by Crippen LogP contribution is -2.48. The van der Waals surface area contributed by atoms with Gasteiger partial charge in [-0.1, -0.05) is 29.8 Å². The molecule has 1 aliphatic heterocycles. The highest BCUT2D eigenvalue weighted by Crippen LogP contribution is 2.29. The van der Waals surface area contributed by atoms with Crippen molar-refractivity contribution in [2.45, 2.75) is 6.04 Å². The van der Waals surface area contributed by atoms with Crippen molar-refractivity contribution in [2.75, 3.05) is 19.6 Å². The van der Waals surface area contributed by atoms with Crippen molar-refractivity contribution in [3.8, 4) is 0 Å². The molecule has 1 aliphatic rings. The monoisotopic (exact) mass is 290 g/mol. The summed E-state index contributed by atoms with van der Waals surface area (Å²) in [7, 11) is 0. The third-order valence-corrected chi connectivity index (χ3v) is 3.84. The Morgan fingerprint density at radius 3 is 2.90 bits per heavy atom. The van der Waals surface area contributed by atoms with Crippen LogP contribution in [-0.4, -0.2) is 30.4 Å². The van der Waals surface area contributed by atoms with E-state index in [0.717, 1.165) is 12.1 Å². The first-order valence-electron chi connectivity index (χ1n) is 6.57. The summed E-state index contributed by atoms with van der Waals surface area (Å²) in [5, 5.41) is 3.99. The molecule has 104 valence electrons. The summed E-state index contributed by atoms with van der Waals surface area (Å²) in [4.78, 5) is 14.3. The summed E-state index contributed by atoms with van der Waals surface area (Å²) in [6.07, 6.45) is 1.51. The fourth-order valence-electron chi connectivity index (χ4n) is 2.51. The van der Waals surface area contributed by atoms with Gasteiger partial charge in [-0.3, -0.25) is 4.79 Å². The zero-order valence-corrected chi connectivity index (χ0v) is 11.6. The average Bonchev–Trinajstić information content (AvgIpc) is 3.01. The number of carbonyl (C=O) groups is 1.